The molecule has 14 heavy (non-hydrogen) atoms. The predicted molar refractivity (Wildman–Crippen MR) is 52.7 cm³/mol. The van der Waals surface area contributed by atoms with Gasteiger partial charge >= 0.3 is 0 Å². The average molecular weight is 244 g/mol. The summed E-state index contributed by atoms with van der Waals surface area (Å²) < 4.78 is 47.3. The topological polar surface area (TPSA) is 109 Å². The zero-order valence-corrected chi connectivity index (χ0v) is 8.97. The van der Waals surface area contributed by atoms with Crippen LogP contribution in [0.1, 0.15) is 0 Å². The molecule has 0 heterocycles. The van der Waals surface area contributed by atoms with Crippen LogP contribution in [0.5, 0.6) is 0 Å². The Hall–Kier alpha value is -0.700. The lowest BCUT2D eigenvalue weighted by atomic mass is 11.3. The van der Waals surface area contributed by atoms with Crippen molar-refractivity contribution in [1.29, 1.82) is 0 Å². The summed E-state index contributed by atoms with van der Waals surface area (Å²) in [4.78, 5) is 0. The van der Waals surface area contributed by atoms with E-state index >= 15 is 0 Å². The van der Waals surface area contributed by atoms with Crippen molar-refractivity contribution >= 4 is 19.7 Å². The molecule has 2 N–H and O–H groups in total. The molecule has 0 aromatic carbocycles. The molecule has 0 amide bonds. The molecule has 0 fully saturated rings. The van der Waals surface area contributed by atoms with Crippen LogP contribution in [0, 0.1) is 0 Å². The standard InChI is InChI=1S/C6H10O5S2.H2O/c1-3-12(7,8)5-11-6-13(9,10)4-2;/h3-4H,1-2,5-6H2;1H2. The summed E-state index contributed by atoms with van der Waals surface area (Å²) in [6, 6.07) is 0. The Morgan fingerprint density at radius 1 is 0.929 bits per heavy atom. The highest BCUT2D eigenvalue weighted by Gasteiger charge is 2.09. The SMILES string of the molecule is C=CS(=O)(=O)COCS(=O)(=O)C=C.O. The van der Waals surface area contributed by atoms with Gasteiger partial charge in [-0.05, 0) is 0 Å². The Balaban J connectivity index is 0. The summed E-state index contributed by atoms with van der Waals surface area (Å²) in [5.74, 6) is -1.38. The fourth-order valence-electron chi connectivity index (χ4n) is 0.363. The van der Waals surface area contributed by atoms with E-state index in [9.17, 15) is 16.8 Å². The van der Waals surface area contributed by atoms with Gasteiger partial charge in [0.2, 0.25) is 0 Å². The number of sulfone groups is 2. The molecule has 0 saturated heterocycles. The predicted octanol–water partition coefficient (Wildman–Crippen LogP) is -0.790. The van der Waals surface area contributed by atoms with E-state index in [2.05, 4.69) is 17.9 Å². The summed E-state index contributed by atoms with van der Waals surface area (Å²) in [7, 11) is -7.01. The largest absolute Gasteiger partial charge is 0.412 e. The van der Waals surface area contributed by atoms with Gasteiger partial charge in [0.1, 0.15) is 0 Å². The van der Waals surface area contributed by atoms with Gasteiger partial charge in [-0.2, -0.15) is 0 Å². The van der Waals surface area contributed by atoms with Crippen LogP contribution in [-0.2, 0) is 24.4 Å². The van der Waals surface area contributed by atoms with Crippen molar-refractivity contribution in [2.45, 2.75) is 0 Å². The molecule has 0 atom stereocenters. The number of rotatable bonds is 6. The van der Waals surface area contributed by atoms with Gasteiger partial charge in [-0.3, -0.25) is 0 Å². The molecule has 0 bridgehead atoms. The highest BCUT2D eigenvalue weighted by Crippen LogP contribution is 1.96. The van der Waals surface area contributed by atoms with Crippen LogP contribution >= 0.6 is 0 Å². The third kappa shape index (κ3) is 6.78. The molecule has 0 unspecified atom stereocenters. The van der Waals surface area contributed by atoms with Crippen molar-refractivity contribution in [3.05, 3.63) is 24.0 Å². The molecular weight excluding hydrogens is 232 g/mol. The van der Waals surface area contributed by atoms with Crippen LogP contribution < -0.4 is 0 Å². The van der Waals surface area contributed by atoms with Crippen LogP contribution in [0.25, 0.3) is 0 Å². The summed E-state index contributed by atoms with van der Waals surface area (Å²) >= 11 is 0. The highest BCUT2D eigenvalue weighted by molar-refractivity contribution is 7.94. The van der Waals surface area contributed by atoms with Gasteiger partial charge in [0.15, 0.2) is 31.6 Å². The second-order valence-electron chi connectivity index (χ2n) is 2.10. The van der Waals surface area contributed by atoms with Crippen molar-refractivity contribution in [3.8, 4) is 0 Å². The highest BCUT2D eigenvalue weighted by atomic mass is 32.2. The first kappa shape index (κ1) is 15.8. The van der Waals surface area contributed by atoms with Crippen molar-refractivity contribution in [2.75, 3.05) is 11.9 Å². The molecule has 0 aromatic rings. The van der Waals surface area contributed by atoms with Crippen molar-refractivity contribution in [3.63, 3.8) is 0 Å². The number of ether oxygens (including phenoxy) is 1. The molecule has 0 aromatic heterocycles. The Kier molecular flexibility index (Phi) is 6.65. The van der Waals surface area contributed by atoms with E-state index in [-0.39, 0.29) is 5.48 Å². The maximum absolute atomic E-state index is 10.7. The second kappa shape index (κ2) is 5.91. The lowest BCUT2D eigenvalue weighted by Gasteiger charge is -2.00. The Bertz CT molecular complexity index is 339. The van der Waals surface area contributed by atoms with Crippen molar-refractivity contribution < 1.29 is 27.0 Å². The first-order valence-electron chi connectivity index (χ1n) is 3.11. The number of hydrogen-bond donors (Lipinski definition) is 0. The maximum Gasteiger partial charge on any atom is 0.195 e. The maximum atomic E-state index is 10.7. The third-order valence-corrected chi connectivity index (χ3v) is 3.01. The van der Waals surface area contributed by atoms with Gasteiger partial charge < -0.3 is 10.2 Å². The smallest absolute Gasteiger partial charge is 0.195 e. The molecule has 84 valence electrons. The van der Waals surface area contributed by atoms with E-state index in [1.54, 1.807) is 0 Å². The zero-order chi connectivity index (χ0) is 10.5. The number of hydrogen-bond acceptors (Lipinski definition) is 5. The van der Waals surface area contributed by atoms with Crippen LogP contribution in [-0.4, -0.2) is 34.2 Å². The molecular formula is C6H12O6S2. The minimum absolute atomic E-state index is 0. The van der Waals surface area contributed by atoms with E-state index in [0.29, 0.717) is 10.8 Å². The molecule has 6 nitrogen and oxygen atoms in total. The van der Waals surface area contributed by atoms with Gasteiger partial charge in [0.25, 0.3) is 0 Å². The van der Waals surface area contributed by atoms with Gasteiger partial charge in [-0.25, -0.2) is 16.8 Å². The quantitative estimate of drug-likeness (QED) is 0.608. The normalized spacial score (nSPS) is 11.4. The van der Waals surface area contributed by atoms with Gasteiger partial charge in [0.05, 0.1) is 0 Å². The molecule has 0 radical (unpaired) electrons. The van der Waals surface area contributed by atoms with Crippen LogP contribution in [0.2, 0.25) is 0 Å². The van der Waals surface area contributed by atoms with Crippen LogP contribution in [0.15, 0.2) is 24.0 Å². The lowest BCUT2D eigenvalue weighted by Crippen LogP contribution is -2.12. The zero-order valence-electron chi connectivity index (χ0n) is 7.34. The molecule has 8 heteroatoms. The van der Waals surface area contributed by atoms with Crippen molar-refractivity contribution in [1.82, 2.24) is 0 Å². The van der Waals surface area contributed by atoms with E-state index in [4.69, 9.17) is 0 Å². The Labute approximate surface area is 83.0 Å². The van der Waals surface area contributed by atoms with E-state index < -0.39 is 31.6 Å². The van der Waals surface area contributed by atoms with Crippen LogP contribution in [0.4, 0.5) is 0 Å². The van der Waals surface area contributed by atoms with Gasteiger partial charge in [-0.15, -0.1) is 0 Å². The molecule has 0 spiro atoms. The Morgan fingerprint density at radius 2 is 1.21 bits per heavy atom. The van der Waals surface area contributed by atoms with E-state index in [1.165, 1.54) is 0 Å². The molecule has 0 saturated carbocycles. The third-order valence-electron chi connectivity index (χ3n) is 1.00. The van der Waals surface area contributed by atoms with Crippen LogP contribution in [0.3, 0.4) is 0 Å². The summed E-state index contributed by atoms with van der Waals surface area (Å²) in [5.41, 5.74) is 0. The lowest BCUT2D eigenvalue weighted by molar-refractivity contribution is 0.226. The summed E-state index contributed by atoms with van der Waals surface area (Å²) in [6.07, 6.45) is 0. The first-order chi connectivity index (χ1) is 5.83. The average Bonchev–Trinajstić information content (AvgIpc) is 2.04. The van der Waals surface area contributed by atoms with Crippen molar-refractivity contribution in [2.24, 2.45) is 0 Å². The molecule has 0 aliphatic rings. The first-order valence-corrected chi connectivity index (χ1v) is 6.54. The monoisotopic (exact) mass is 244 g/mol. The van der Waals surface area contributed by atoms with Gasteiger partial charge in [-0.1, -0.05) is 13.2 Å². The molecule has 0 rings (SSSR count). The van der Waals surface area contributed by atoms with E-state index in [1.807, 2.05) is 0 Å². The fourth-order valence-corrected chi connectivity index (χ4v) is 1.29. The summed E-state index contributed by atoms with van der Waals surface area (Å²) in [6.45, 7) is 6.06. The summed E-state index contributed by atoms with van der Waals surface area (Å²) in [5, 5.41) is 1.40. The second-order valence-corrected chi connectivity index (χ2v) is 5.89. The van der Waals surface area contributed by atoms with E-state index in [0.717, 1.165) is 0 Å². The molecule has 0 aliphatic heterocycles. The molecule has 0 aliphatic carbocycles. The fraction of sp³-hybridized carbons (Fsp3) is 0.333. The Morgan fingerprint density at radius 3 is 1.43 bits per heavy atom. The van der Waals surface area contributed by atoms with Gasteiger partial charge in [0, 0.05) is 10.8 Å². The minimum Gasteiger partial charge on any atom is -0.412 e. The minimum atomic E-state index is -3.51.